The van der Waals surface area contributed by atoms with E-state index in [9.17, 15) is 0 Å². The van der Waals surface area contributed by atoms with Gasteiger partial charge in [-0.3, -0.25) is 4.90 Å². The van der Waals surface area contributed by atoms with Crippen LogP contribution in [0.2, 0.25) is 5.02 Å². The Hall–Kier alpha value is -2.69. The van der Waals surface area contributed by atoms with E-state index in [4.69, 9.17) is 21.6 Å². The zero-order valence-corrected chi connectivity index (χ0v) is 19.8. The zero-order chi connectivity index (χ0) is 22.6. The van der Waals surface area contributed by atoms with Gasteiger partial charge in [0.05, 0.1) is 11.4 Å². The molecule has 0 radical (unpaired) electrons. The van der Waals surface area contributed by atoms with Gasteiger partial charge in [-0.1, -0.05) is 86.0 Å². The molecule has 5 rings (SSSR count). The normalized spacial score (nSPS) is 16.9. The van der Waals surface area contributed by atoms with E-state index in [1.807, 2.05) is 18.2 Å². The first kappa shape index (κ1) is 22.1. The van der Waals surface area contributed by atoms with Crippen LogP contribution >= 0.6 is 11.6 Å². The highest BCUT2D eigenvalue weighted by Crippen LogP contribution is 2.35. The summed E-state index contributed by atoms with van der Waals surface area (Å²) in [7, 11) is 0. The Balaban J connectivity index is 1.46. The zero-order valence-electron chi connectivity index (χ0n) is 19.1. The van der Waals surface area contributed by atoms with Crippen molar-refractivity contribution in [1.82, 2.24) is 14.9 Å². The van der Waals surface area contributed by atoms with Crippen LogP contribution in [0.3, 0.4) is 0 Å². The number of nitrogens with one attached hydrogen (secondary N) is 1. The Morgan fingerprint density at radius 3 is 2.55 bits per heavy atom. The van der Waals surface area contributed by atoms with Crippen LogP contribution in [0.4, 0.5) is 5.95 Å². The molecule has 1 aromatic heterocycles. The summed E-state index contributed by atoms with van der Waals surface area (Å²) in [6.07, 6.45) is 7.17. The third kappa shape index (κ3) is 5.13. The third-order valence-corrected chi connectivity index (χ3v) is 7.22. The standard InChI is InChI=1S/C28H31ClN4/c1-20(22-12-6-3-7-13-22)30-28-31-26-16-17-33(18-21-10-4-2-5-11-21)19-24(26)27(32-28)23-14-8-9-15-25(23)29/h2,4-5,8-11,14-15,22H,1,3,6-7,12-13,16-19H2,(H,30,31,32). The van der Waals surface area contributed by atoms with Crippen molar-refractivity contribution in [2.45, 2.75) is 51.6 Å². The molecule has 0 saturated heterocycles. The highest BCUT2D eigenvalue weighted by Gasteiger charge is 2.25. The average Bonchev–Trinajstić information content (AvgIpc) is 2.85. The van der Waals surface area contributed by atoms with Gasteiger partial charge >= 0.3 is 0 Å². The molecule has 1 aliphatic heterocycles. The number of nitrogens with zero attached hydrogens (tertiary/aromatic N) is 3. The highest BCUT2D eigenvalue weighted by molar-refractivity contribution is 6.33. The number of hydrogen-bond acceptors (Lipinski definition) is 4. The molecular weight excluding hydrogens is 428 g/mol. The van der Waals surface area contributed by atoms with Gasteiger partial charge in [0.15, 0.2) is 0 Å². The molecule has 2 aliphatic rings. The summed E-state index contributed by atoms with van der Waals surface area (Å²) < 4.78 is 0. The van der Waals surface area contributed by atoms with Crippen LogP contribution in [-0.2, 0) is 19.5 Å². The second-order valence-corrected chi connectivity index (χ2v) is 9.64. The van der Waals surface area contributed by atoms with Crippen molar-refractivity contribution in [1.29, 1.82) is 0 Å². The van der Waals surface area contributed by atoms with Gasteiger partial charge in [-0.2, -0.15) is 0 Å². The van der Waals surface area contributed by atoms with Crippen LogP contribution < -0.4 is 5.32 Å². The quantitative estimate of drug-likeness (QED) is 0.438. The van der Waals surface area contributed by atoms with Crippen molar-refractivity contribution in [2.75, 3.05) is 11.9 Å². The number of rotatable bonds is 6. The molecule has 170 valence electrons. The van der Waals surface area contributed by atoms with Gasteiger partial charge in [-0.15, -0.1) is 0 Å². The number of hydrogen-bond donors (Lipinski definition) is 1. The van der Waals surface area contributed by atoms with Gasteiger partial charge in [0.1, 0.15) is 0 Å². The molecule has 4 nitrogen and oxygen atoms in total. The van der Waals surface area contributed by atoms with Crippen molar-refractivity contribution in [3.8, 4) is 11.3 Å². The topological polar surface area (TPSA) is 41.1 Å². The molecule has 0 amide bonds. The maximum Gasteiger partial charge on any atom is 0.227 e. The lowest BCUT2D eigenvalue weighted by molar-refractivity contribution is 0.243. The Kier molecular flexibility index (Phi) is 6.75. The van der Waals surface area contributed by atoms with Crippen LogP contribution in [0.25, 0.3) is 11.3 Å². The van der Waals surface area contributed by atoms with Crippen LogP contribution in [0, 0.1) is 5.92 Å². The number of aromatic nitrogens is 2. The van der Waals surface area contributed by atoms with E-state index < -0.39 is 0 Å². The molecule has 0 bridgehead atoms. The van der Waals surface area contributed by atoms with Crippen molar-refractivity contribution in [3.05, 3.63) is 88.7 Å². The lowest BCUT2D eigenvalue weighted by atomic mass is 9.87. The van der Waals surface area contributed by atoms with E-state index in [1.165, 1.54) is 43.2 Å². The highest BCUT2D eigenvalue weighted by atomic mass is 35.5. The van der Waals surface area contributed by atoms with E-state index >= 15 is 0 Å². The lowest BCUT2D eigenvalue weighted by Gasteiger charge is -2.30. The summed E-state index contributed by atoms with van der Waals surface area (Å²) in [4.78, 5) is 12.4. The third-order valence-electron chi connectivity index (χ3n) is 6.89. The van der Waals surface area contributed by atoms with Crippen LogP contribution in [0.15, 0.2) is 66.9 Å². The molecule has 2 aromatic carbocycles. The summed E-state index contributed by atoms with van der Waals surface area (Å²) in [6, 6.07) is 18.6. The molecule has 1 N–H and O–H groups in total. The molecule has 0 spiro atoms. The molecule has 1 saturated carbocycles. The van der Waals surface area contributed by atoms with Gasteiger partial charge < -0.3 is 5.32 Å². The summed E-state index contributed by atoms with van der Waals surface area (Å²) in [5.74, 6) is 1.15. The molecule has 0 atom stereocenters. The first-order valence-electron chi connectivity index (χ1n) is 12.0. The summed E-state index contributed by atoms with van der Waals surface area (Å²) in [5, 5.41) is 4.19. The number of benzene rings is 2. The number of anilines is 1. The minimum atomic E-state index is 0.503. The first-order chi connectivity index (χ1) is 16.2. The Bertz CT molecular complexity index is 1120. The maximum atomic E-state index is 6.64. The second-order valence-electron chi connectivity index (χ2n) is 9.23. The van der Waals surface area contributed by atoms with Crippen molar-refractivity contribution >= 4 is 17.5 Å². The smallest absolute Gasteiger partial charge is 0.227 e. The average molecular weight is 459 g/mol. The van der Waals surface area contributed by atoms with Gasteiger partial charge in [0, 0.05) is 47.9 Å². The molecular formula is C28H31ClN4. The van der Waals surface area contributed by atoms with Crippen molar-refractivity contribution in [2.24, 2.45) is 5.92 Å². The minimum Gasteiger partial charge on any atom is -0.328 e. The number of halogens is 1. The lowest BCUT2D eigenvalue weighted by Crippen LogP contribution is -2.31. The molecule has 1 fully saturated rings. The Morgan fingerprint density at radius 1 is 1.00 bits per heavy atom. The molecule has 2 heterocycles. The number of allylic oxidation sites excluding steroid dienone is 1. The summed E-state index contributed by atoms with van der Waals surface area (Å²) in [6.45, 7) is 7.05. The van der Waals surface area contributed by atoms with Gasteiger partial charge in [0.25, 0.3) is 0 Å². The molecule has 0 unspecified atom stereocenters. The summed E-state index contributed by atoms with van der Waals surface area (Å²) in [5.41, 5.74) is 6.56. The molecule has 5 heteroatoms. The van der Waals surface area contributed by atoms with E-state index in [0.717, 1.165) is 53.7 Å². The predicted molar refractivity (Wildman–Crippen MR) is 136 cm³/mol. The molecule has 3 aromatic rings. The number of fused-ring (bicyclic) bond motifs is 1. The van der Waals surface area contributed by atoms with Crippen LogP contribution in [0.1, 0.15) is 48.9 Å². The monoisotopic (exact) mass is 458 g/mol. The fourth-order valence-electron chi connectivity index (χ4n) is 5.08. The Labute approximate surface area is 201 Å². The summed E-state index contributed by atoms with van der Waals surface area (Å²) >= 11 is 6.64. The van der Waals surface area contributed by atoms with E-state index in [0.29, 0.717) is 11.9 Å². The van der Waals surface area contributed by atoms with E-state index in [2.05, 4.69) is 53.2 Å². The predicted octanol–water partition coefficient (Wildman–Crippen LogP) is 6.86. The Morgan fingerprint density at radius 2 is 1.76 bits per heavy atom. The van der Waals surface area contributed by atoms with Gasteiger partial charge in [-0.25, -0.2) is 9.97 Å². The maximum absolute atomic E-state index is 6.64. The fourth-order valence-corrected chi connectivity index (χ4v) is 5.30. The first-order valence-corrected chi connectivity index (χ1v) is 12.4. The SMILES string of the molecule is C=C(Nc1nc2c(c(-c3ccccc3Cl)n1)CN(Cc1ccccc1)CC2)C1CCCCC1. The van der Waals surface area contributed by atoms with E-state index in [-0.39, 0.29) is 0 Å². The van der Waals surface area contributed by atoms with Gasteiger partial charge in [-0.05, 0) is 30.4 Å². The minimum absolute atomic E-state index is 0.503. The second kappa shape index (κ2) is 10.1. The molecule has 1 aliphatic carbocycles. The van der Waals surface area contributed by atoms with E-state index in [1.54, 1.807) is 0 Å². The van der Waals surface area contributed by atoms with Crippen LogP contribution in [0.5, 0.6) is 0 Å². The van der Waals surface area contributed by atoms with Crippen molar-refractivity contribution in [3.63, 3.8) is 0 Å². The van der Waals surface area contributed by atoms with Gasteiger partial charge in [0.2, 0.25) is 5.95 Å². The van der Waals surface area contributed by atoms with Crippen molar-refractivity contribution < 1.29 is 0 Å². The molecule has 33 heavy (non-hydrogen) atoms. The van der Waals surface area contributed by atoms with Crippen LogP contribution in [-0.4, -0.2) is 21.4 Å². The largest absolute Gasteiger partial charge is 0.328 e. The fraction of sp³-hybridized carbons (Fsp3) is 0.357.